The third-order valence-electron chi connectivity index (χ3n) is 8.58. The number of allylic oxidation sites excluding steroid dienone is 1. The molecule has 0 unspecified atom stereocenters. The van der Waals surface area contributed by atoms with Crippen molar-refractivity contribution >= 4 is 47.3 Å². The Balaban J connectivity index is 0.000000265. The predicted molar refractivity (Wildman–Crippen MR) is 246 cm³/mol. The maximum Gasteiger partial charge on any atom is 0.407 e. The first-order valence-corrected chi connectivity index (χ1v) is 20.5. The van der Waals surface area contributed by atoms with Crippen molar-refractivity contribution in [1.82, 2.24) is 35.0 Å². The minimum Gasteiger partial charge on any atom is -0.478 e. The number of ether oxygens (including phenoxy) is 1. The van der Waals surface area contributed by atoms with Crippen molar-refractivity contribution in [2.75, 3.05) is 0 Å². The number of aromatic carboxylic acids is 1. The number of ketones is 1. The fourth-order valence-corrected chi connectivity index (χ4v) is 5.62. The number of carbonyl (C=O) groups excluding carboxylic acids is 2. The molecule has 0 atom stereocenters. The maximum atomic E-state index is 12.4. The standard InChI is InChI=1S/C21H25ClN4O.C17H20ClN3O2.C8H12N2O2/c1-14-11-16(18-9-10-24-20(22)26-18)6-5-15(14)7-8-19(27)17(12-23)13-25-21(2,3)4;1-11-9-12(14-7-8-19-15(18)21-14)5-6-13(11)10-20-16(22)23-17(2,3)4;1-8(2,3)10-5-6(4-9-10)7(11)12/h5-6,9-13H,7-8,23H2,1-4H3;5-9H,10H2,1-4H3,(H,20,22);4-5H,1-3H3,(H,11,12). The van der Waals surface area contributed by atoms with Gasteiger partial charge in [0.25, 0.3) is 0 Å². The van der Waals surface area contributed by atoms with Crippen LogP contribution >= 0.6 is 23.2 Å². The number of halogens is 2. The second-order valence-electron chi connectivity index (χ2n) is 17.2. The zero-order valence-electron chi connectivity index (χ0n) is 37.2. The molecule has 0 saturated heterocycles. The predicted octanol–water partition coefficient (Wildman–Crippen LogP) is 9.79. The van der Waals surface area contributed by atoms with E-state index >= 15 is 0 Å². The number of carbonyl (C=O) groups is 3. The number of aliphatic imine (C=N–C) groups is 1. The average Bonchev–Trinajstić information content (AvgIpc) is 3.69. The zero-order valence-corrected chi connectivity index (χ0v) is 38.8. The monoisotopic (exact) mass is 885 g/mol. The van der Waals surface area contributed by atoms with E-state index in [1.165, 1.54) is 18.6 Å². The molecule has 14 nitrogen and oxygen atoms in total. The van der Waals surface area contributed by atoms with Gasteiger partial charge in [-0.3, -0.25) is 14.5 Å². The molecule has 0 fully saturated rings. The molecule has 2 aromatic carbocycles. The van der Waals surface area contributed by atoms with Gasteiger partial charge >= 0.3 is 12.1 Å². The van der Waals surface area contributed by atoms with Gasteiger partial charge in [0.15, 0.2) is 5.78 Å². The number of benzene rings is 2. The number of amides is 1. The van der Waals surface area contributed by atoms with Gasteiger partial charge in [-0.2, -0.15) is 5.10 Å². The number of Topliss-reactive ketones (excluding diaryl/α,β-unsaturated/α-hetero) is 1. The first kappa shape index (κ1) is 50.4. The van der Waals surface area contributed by atoms with Crippen LogP contribution in [0.5, 0.6) is 0 Å². The van der Waals surface area contributed by atoms with Gasteiger partial charge in [0, 0.05) is 55.1 Å². The number of hydrogen-bond donors (Lipinski definition) is 3. The molecule has 5 aromatic rings. The van der Waals surface area contributed by atoms with Crippen LogP contribution < -0.4 is 11.1 Å². The lowest BCUT2D eigenvalue weighted by atomic mass is 9.97. The molecule has 0 saturated carbocycles. The zero-order chi connectivity index (χ0) is 46.4. The minimum absolute atomic E-state index is 0.0171. The summed E-state index contributed by atoms with van der Waals surface area (Å²) in [7, 11) is 0. The third kappa shape index (κ3) is 17.2. The van der Waals surface area contributed by atoms with Gasteiger partial charge < -0.3 is 20.9 Å². The highest BCUT2D eigenvalue weighted by molar-refractivity contribution is 6.28. The van der Waals surface area contributed by atoms with Crippen molar-refractivity contribution in [1.29, 1.82) is 0 Å². The van der Waals surface area contributed by atoms with Crippen LogP contribution in [-0.4, -0.2) is 70.0 Å². The lowest BCUT2D eigenvalue weighted by Gasteiger charge is -2.20. The van der Waals surface area contributed by atoms with Crippen LogP contribution in [0.15, 0.2) is 90.1 Å². The molecule has 4 N–H and O–H groups in total. The molecule has 0 aliphatic carbocycles. The average molecular weight is 887 g/mol. The summed E-state index contributed by atoms with van der Waals surface area (Å²) in [6.45, 7) is 21.7. The SMILES string of the molecule is CC(C)(C)n1cc(C(=O)O)cn1.Cc1cc(-c2ccnc(Cl)n2)ccc1CCC(=O)C(C=NC(C)(C)C)=CN.Cc1cc(-c2ccnc(Cl)n2)ccc1CNC(=O)OC(C)(C)C. The molecule has 3 heterocycles. The highest BCUT2D eigenvalue weighted by atomic mass is 35.5. The Morgan fingerprint density at radius 1 is 0.839 bits per heavy atom. The number of carboxylic acid groups (broad SMARTS) is 1. The first-order valence-electron chi connectivity index (χ1n) is 19.8. The number of aromatic nitrogens is 6. The van der Waals surface area contributed by atoms with Crippen LogP contribution in [0.1, 0.15) is 101 Å². The molecule has 3 aromatic heterocycles. The number of nitrogens with zero attached hydrogens (tertiary/aromatic N) is 7. The molecule has 0 aliphatic heterocycles. The third-order valence-corrected chi connectivity index (χ3v) is 8.95. The van der Waals surface area contributed by atoms with Gasteiger partial charge in [-0.25, -0.2) is 29.5 Å². The molecule has 0 bridgehead atoms. The van der Waals surface area contributed by atoms with Gasteiger partial charge in [-0.15, -0.1) is 0 Å². The Labute approximate surface area is 374 Å². The number of alkyl carbamates (subject to hydrolysis) is 1. The van der Waals surface area contributed by atoms with Gasteiger partial charge in [-0.1, -0.05) is 24.3 Å². The quantitative estimate of drug-likeness (QED) is 0.0685. The van der Waals surface area contributed by atoms with E-state index in [2.05, 4.69) is 35.3 Å². The molecule has 16 heteroatoms. The molecule has 330 valence electrons. The second-order valence-corrected chi connectivity index (χ2v) is 17.9. The Kier molecular flexibility index (Phi) is 18.0. The molecule has 0 aliphatic rings. The molecule has 0 radical (unpaired) electrons. The number of hydrogen-bond acceptors (Lipinski definition) is 11. The fourth-order valence-electron chi connectivity index (χ4n) is 5.33. The van der Waals surface area contributed by atoms with Crippen molar-refractivity contribution in [3.63, 3.8) is 0 Å². The van der Waals surface area contributed by atoms with Crippen molar-refractivity contribution in [3.05, 3.63) is 123 Å². The Bertz CT molecular complexity index is 2390. The summed E-state index contributed by atoms with van der Waals surface area (Å²) < 4.78 is 6.86. The molecular weight excluding hydrogens is 829 g/mol. The molecule has 1 amide bonds. The van der Waals surface area contributed by atoms with E-state index in [1.54, 1.807) is 29.4 Å². The maximum absolute atomic E-state index is 12.4. The van der Waals surface area contributed by atoms with E-state index in [-0.39, 0.29) is 33.0 Å². The van der Waals surface area contributed by atoms with Gasteiger partial charge in [-0.05, 0) is 152 Å². The minimum atomic E-state index is -0.939. The molecular formula is C46H57Cl2N9O5. The van der Waals surface area contributed by atoms with E-state index < -0.39 is 17.7 Å². The van der Waals surface area contributed by atoms with Crippen molar-refractivity contribution in [2.24, 2.45) is 10.7 Å². The summed E-state index contributed by atoms with van der Waals surface area (Å²) in [4.78, 5) is 55.2. The summed E-state index contributed by atoms with van der Waals surface area (Å²) in [5, 5.41) is 15.8. The second kappa shape index (κ2) is 22.2. The van der Waals surface area contributed by atoms with Crippen LogP contribution in [-0.2, 0) is 28.0 Å². The lowest BCUT2D eigenvalue weighted by Crippen LogP contribution is -2.32. The number of aryl methyl sites for hydroxylation is 3. The van der Waals surface area contributed by atoms with Gasteiger partial charge in [0.2, 0.25) is 10.6 Å². The normalized spacial score (nSPS) is 11.9. The summed E-state index contributed by atoms with van der Waals surface area (Å²) in [6.07, 6.45) is 9.61. The molecule has 5 rings (SSSR count). The molecule has 62 heavy (non-hydrogen) atoms. The molecule has 0 spiro atoms. The summed E-state index contributed by atoms with van der Waals surface area (Å²) in [6, 6.07) is 15.6. The topological polar surface area (TPSA) is 200 Å². The number of nitrogens with one attached hydrogen (secondary N) is 1. The highest BCUT2D eigenvalue weighted by Crippen LogP contribution is 2.24. The lowest BCUT2D eigenvalue weighted by molar-refractivity contribution is -0.115. The Hall–Kier alpha value is -5.99. The highest BCUT2D eigenvalue weighted by Gasteiger charge is 2.17. The van der Waals surface area contributed by atoms with Gasteiger partial charge in [0.1, 0.15) is 5.60 Å². The van der Waals surface area contributed by atoms with Crippen LogP contribution in [0.3, 0.4) is 0 Å². The van der Waals surface area contributed by atoms with Crippen LogP contribution in [0.2, 0.25) is 10.6 Å². The summed E-state index contributed by atoms with van der Waals surface area (Å²) >= 11 is 11.7. The van der Waals surface area contributed by atoms with E-state index in [1.807, 2.05) is 119 Å². The number of rotatable bonds is 10. The van der Waals surface area contributed by atoms with E-state index in [0.29, 0.717) is 25.0 Å². The smallest absolute Gasteiger partial charge is 0.407 e. The van der Waals surface area contributed by atoms with Crippen molar-refractivity contribution in [3.8, 4) is 22.5 Å². The van der Waals surface area contributed by atoms with Crippen LogP contribution in [0.4, 0.5) is 4.79 Å². The first-order chi connectivity index (χ1) is 28.8. The number of carboxylic acids is 1. The summed E-state index contributed by atoms with van der Waals surface area (Å²) in [5.41, 5.74) is 13.1. The van der Waals surface area contributed by atoms with Crippen LogP contribution in [0, 0.1) is 13.8 Å². The van der Waals surface area contributed by atoms with Crippen LogP contribution in [0.25, 0.3) is 22.5 Å². The van der Waals surface area contributed by atoms with Gasteiger partial charge in [0.05, 0.1) is 39.8 Å². The Morgan fingerprint density at radius 2 is 1.37 bits per heavy atom. The van der Waals surface area contributed by atoms with E-state index in [4.69, 9.17) is 38.8 Å². The number of nitrogens with two attached hydrogens (primary N) is 1. The Morgan fingerprint density at radius 3 is 1.77 bits per heavy atom. The van der Waals surface area contributed by atoms with Crippen molar-refractivity contribution in [2.45, 2.75) is 112 Å². The fraction of sp³-hybridized carbons (Fsp3) is 0.370. The van der Waals surface area contributed by atoms with E-state index in [9.17, 15) is 14.4 Å². The summed E-state index contributed by atoms with van der Waals surface area (Å²) in [5.74, 6) is -0.956. The van der Waals surface area contributed by atoms with E-state index in [0.717, 1.165) is 44.8 Å². The van der Waals surface area contributed by atoms with Crippen molar-refractivity contribution < 1.29 is 24.2 Å². The largest absolute Gasteiger partial charge is 0.478 e.